The zero-order valence-corrected chi connectivity index (χ0v) is 22.1. The maximum Gasteiger partial charge on any atom is 0.327 e. The van der Waals surface area contributed by atoms with Gasteiger partial charge >= 0.3 is 6.03 Å². The quantitative estimate of drug-likeness (QED) is 0.353. The van der Waals surface area contributed by atoms with E-state index < -0.39 is 12.6 Å². The molecule has 1 unspecified atom stereocenters. The molecule has 2 fully saturated rings. The molecule has 3 amide bonds. The number of carbonyl (C=O) groups is 3. The maximum absolute atomic E-state index is 13.2. The predicted molar refractivity (Wildman–Crippen MR) is 144 cm³/mol. The Kier molecular flexibility index (Phi) is 6.86. The van der Waals surface area contributed by atoms with Gasteiger partial charge in [0.05, 0.1) is 6.61 Å². The summed E-state index contributed by atoms with van der Waals surface area (Å²) in [6.07, 6.45) is 3.74. The molecule has 9 heteroatoms. The van der Waals surface area contributed by atoms with Crippen LogP contribution < -0.4 is 4.74 Å². The van der Waals surface area contributed by atoms with E-state index in [0.717, 1.165) is 65.9 Å². The molecule has 0 spiro atoms. The van der Waals surface area contributed by atoms with E-state index >= 15 is 0 Å². The molecule has 1 atom stereocenters. The van der Waals surface area contributed by atoms with Gasteiger partial charge in [-0.15, -0.1) is 0 Å². The zero-order chi connectivity index (χ0) is 27.1. The third kappa shape index (κ3) is 4.59. The van der Waals surface area contributed by atoms with Gasteiger partial charge in [-0.05, 0) is 48.9 Å². The number of ketones is 1. The third-order valence-corrected chi connectivity index (χ3v) is 8.35. The number of likely N-dealkylation sites (N-methyl/N-ethyl adjacent to an activating group) is 1. The Morgan fingerprint density at radius 1 is 1.10 bits per heavy atom. The van der Waals surface area contributed by atoms with Crippen molar-refractivity contribution in [1.82, 2.24) is 14.4 Å². The number of aromatic nitrogens is 1. The van der Waals surface area contributed by atoms with Crippen LogP contribution in [0.25, 0.3) is 10.9 Å². The molecule has 204 valence electrons. The third-order valence-electron chi connectivity index (χ3n) is 8.35. The standard InChI is InChI=1S/C30H33N3O6/c1-31-29(36)28-27-23-16-22(39-15-11-19-9-13-38-14-10-19)6-7-24(23)33(25(27)8-12-32(28)30(31)37)17-20-2-4-21(5-3-20)26(35)18-34/h2-7,16,19,28,34H,8-15,17-18H2,1H3. The Morgan fingerprint density at radius 3 is 2.62 bits per heavy atom. The summed E-state index contributed by atoms with van der Waals surface area (Å²) in [4.78, 5) is 40.8. The van der Waals surface area contributed by atoms with Gasteiger partial charge in [0.1, 0.15) is 18.4 Å². The van der Waals surface area contributed by atoms with Gasteiger partial charge in [0, 0.05) is 67.5 Å². The lowest BCUT2D eigenvalue weighted by Gasteiger charge is -2.28. The molecule has 3 aromatic rings. The molecule has 1 aromatic heterocycles. The molecule has 6 rings (SSSR count). The highest BCUT2D eigenvalue weighted by atomic mass is 16.5. The van der Waals surface area contributed by atoms with Crippen LogP contribution in [0.3, 0.4) is 0 Å². The molecule has 0 saturated carbocycles. The fraction of sp³-hybridized carbons (Fsp3) is 0.433. The highest BCUT2D eigenvalue weighted by Gasteiger charge is 2.48. The number of nitrogens with zero attached hydrogens (tertiary/aromatic N) is 3. The topological polar surface area (TPSA) is 101 Å². The van der Waals surface area contributed by atoms with Gasteiger partial charge in [-0.3, -0.25) is 14.5 Å². The zero-order valence-electron chi connectivity index (χ0n) is 22.1. The van der Waals surface area contributed by atoms with E-state index in [1.165, 1.54) is 4.90 Å². The van der Waals surface area contributed by atoms with Crippen LogP contribution in [0.2, 0.25) is 0 Å². The normalized spacial score (nSPS) is 19.5. The van der Waals surface area contributed by atoms with Crippen molar-refractivity contribution in [1.29, 1.82) is 0 Å². The monoisotopic (exact) mass is 531 g/mol. The highest BCUT2D eigenvalue weighted by molar-refractivity contribution is 6.07. The highest BCUT2D eigenvalue weighted by Crippen LogP contribution is 2.43. The molecule has 4 heterocycles. The minimum absolute atomic E-state index is 0.210. The minimum Gasteiger partial charge on any atom is -0.494 e. The average molecular weight is 532 g/mol. The van der Waals surface area contributed by atoms with Gasteiger partial charge in [-0.25, -0.2) is 4.79 Å². The number of carbonyl (C=O) groups excluding carboxylic acids is 3. The van der Waals surface area contributed by atoms with E-state index in [4.69, 9.17) is 14.6 Å². The van der Waals surface area contributed by atoms with Crippen molar-refractivity contribution in [3.05, 3.63) is 64.8 Å². The maximum atomic E-state index is 13.2. The summed E-state index contributed by atoms with van der Waals surface area (Å²) in [5.41, 5.74) is 4.36. The molecule has 3 aliphatic rings. The van der Waals surface area contributed by atoms with E-state index in [1.807, 2.05) is 30.3 Å². The number of rotatable bonds is 8. The number of amides is 3. The molecule has 0 radical (unpaired) electrons. The van der Waals surface area contributed by atoms with Crippen molar-refractivity contribution < 1.29 is 29.0 Å². The van der Waals surface area contributed by atoms with Crippen LogP contribution in [0.5, 0.6) is 5.75 Å². The summed E-state index contributed by atoms with van der Waals surface area (Å²) in [5.74, 6) is 0.839. The number of aliphatic hydroxyl groups is 1. The Bertz CT molecular complexity index is 1420. The Morgan fingerprint density at radius 2 is 1.87 bits per heavy atom. The van der Waals surface area contributed by atoms with Gasteiger partial charge in [0.25, 0.3) is 5.91 Å². The largest absolute Gasteiger partial charge is 0.494 e. The lowest BCUT2D eigenvalue weighted by Crippen LogP contribution is -2.36. The summed E-state index contributed by atoms with van der Waals surface area (Å²) in [6.45, 7) is 2.75. The number of ether oxygens (including phenoxy) is 2. The molecule has 39 heavy (non-hydrogen) atoms. The van der Waals surface area contributed by atoms with Crippen molar-refractivity contribution in [2.45, 2.75) is 38.3 Å². The number of aliphatic hydroxyl groups excluding tert-OH is 1. The SMILES string of the molecule is CN1C(=O)C2c3c(n(Cc4ccc(C(=O)CO)cc4)c4ccc(OCCC5CCOCC5)cc34)CCN2C1=O. The number of hydrogen-bond acceptors (Lipinski definition) is 6. The molecular formula is C30H33N3O6. The molecule has 1 N–H and O–H groups in total. The fourth-order valence-electron chi connectivity index (χ4n) is 6.15. The summed E-state index contributed by atoms with van der Waals surface area (Å²) in [6, 6.07) is 12.4. The number of benzene rings is 2. The number of fused-ring (bicyclic) bond motifs is 5. The van der Waals surface area contributed by atoms with E-state index in [0.29, 0.717) is 37.6 Å². The van der Waals surface area contributed by atoms with Gasteiger partial charge in [0.2, 0.25) is 0 Å². The van der Waals surface area contributed by atoms with Gasteiger partial charge in [-0.1, -0.05) is 24.3 Å². The lowest BCUT2D eigenvalue weighted by atomic mass is 9.96. The first-order valence-electron chi connectivity index (χ1n) is 13.6. The Balaban J connectivity index is 1.35. The summed E-state index contributed by atoms with van der Waals surface area (Å²) in [5, 5.41) is 10.1. The molecule has 9 nitrogen and oxygen atoms in total. The van der Waals surface area contributed by atoms with E-state index in [-0.39, 0.29) is 17.7 Å². The summed E-state index contributed by atoms with van der Waals surface area (Å²) >= 11 is 0. The van der Waals surface area contributed by atoms with E-state index in [2.05, 4.69) is 4.57 Å². The first kappa shape index (κ1) is 25.6. The van der Waals surface area contributed by atoms with Crippen LogP contribution >= 0.6 is 0 Å². The summed E-state index contributed by atoms with van der Waals surface area (Å²) < 4.78 is 13.9. The average Bonchev–Trinajstić information content (AvgIpc) is 3.39. The van der Waals surface area contributed by atoms with E-state index in [1.54, 1.807) is 24.1 Å². The van der Waals surface area contributed by atoms with Crippen molar-refractivity contribution in [2.24, 2.45) is 5.92 Å². The molecule has 2 saturated heterocycles. The van der Waals surface area contributed by atoms with Crippen LogP contribution in [0.15, 0.2) is 42.5 Å². The lowest BCUT2D eigenvalue weighted by molar-refractivity contribution is -0.127. The first-order valence-corrected chi connectivity index (χ1v) is 13.6. The van der Waals surface area contributed by atoms with E-state index in [9.17, 15) is 14.4 Å². The van der Waals surface area contributed by atoms with Crippen LogP contribution in [-0.2, 0) is 22.5 Å². The van der Waals surface area contributed by atoms with Crippen molar-refractivity contribution in [2.75, 3.05) is 40.0 Å². The molecule has 3 aliphatic heterocycles. The van der Waals surface area contributed by atoms with Gasteiger partial charge in [0.15, 0.2) is 5.78 Å². The van der Waals surface area contributed by atoms with Gasteiger partial charge < -0.3 is 24.0 Å². The Labute approximate surface area is 226 Å². The molecule has 2 aromatic carbocycles. The van der Waals surface area contributed by atoms with Crippen LogP contribution in [0.1, 0.15) is 52.5 Å². The summed E-state index contributed by atoms with van der Waals surface area (Å²) in [7, 11) is 1.54. The van der Waals surface area contributed by atoms with Crippen molar-refractivity contribution in [3.63, 3.8) is 0 Å². The minimum atomic E-state index is -0.642. The van der Waals surface area contributed by atoms with Crippen molar-refractivity contribution >= 4 is 28.6 Å². The number of Topliss-reactive ketones (excluding diaryl/α,β-unsaturated/α-hetero) is 1. The Hall–Kier alpha value is -3.69. The predicted octanol–water partition coefficient (Wildman–Crippen LogP) is 3.55. The van der Waals surface area contributed by atoms with Crippen LogP contribution in [0.4, 0.5) is 4.79 Å². The number of hydrogen-bond donors (Lipinski definition) is 1. The molecule has 0 aliphatic carbocycles. The second-order valence-electron chi connectivity index (χ2n) is 10.6. The first-order chi connectivity index (χ1) is 19.0. The fourth-order valence-corrected chi connectivity index (χ4v) is 6.15. The second kappa shape index (κ2) is 10.5. The molecule has 0 bridgehead atoms. The van der Waals surface area contributed by atoms with Crippen molar-refractivity contribution in [3.8, 4) is 5.75 Å². The molecular weight excluding hydrogens is 498 g/mol. The number of imide groups is 1. The van der Waals surface area contributed by atoms with Crippen LogP contribution in [-0.4, -0.2) is 77.2 Å². The second-order valence-corrected chi connectivity index (χ2v) is 10.6. The van der Waals surface area contributed by atoms with Crippen LogP contribution in [0, 0.1) is 5.92 Å². The van der Waals surface area contributed by atoms with Gasteiger partial charge in [-0.2, -0.15) is 0 Å². The smallest absolute Gasteiger partial charge is 0.327 e. The number of urea groups is 1.